The Balaban J connectivity index is 2.95. The predicted molar refractivity (Wildman–Crippen MR) is 77.7 cm³/mol. The summed E-state index contributed by atoms with van der Waals surface area (Å²) in [6.45, 7) is 9.38. The second kappa shape index (κ2) is 5.76. The fourth-order valence-corrected chi connectivity index (χ4v) is 2.11. The minimum atomic E-state index is 0.0958. The average molecular weight is 300 g/mol. The number of ether oxygens (including phenoxy) is 1. The summed E-state index contributed by atoms with van der Waals surface area (Å²) in [6, 6.07) is 4.10. The monoisotopic (exact) mass is 299 g/mol. The summed E-state index contributed by atoms with van der Waals surface area (Å²) in [5.74, 6) is 0.770. The van der Waals surface area contributed by atoms with E-state index in [4.69, 9.17) is 10.5 Å². The van der Waals surface area contributed by atoms with E-state index in [0.717, 1.165) is 23.1 Å². The van der Waals surface area contributed by atoms with Gasteiger partial charge in [-0.2, -0.15) is 0 Å². The lowest BCUT2D eigenvalue weighted by Gasteiger charge is -2.21. The highest BCUT2D eigenvalue weighted by atomic mass is 79.9. The molecule has 0 aromatic heterocycles. The standard InChI is InChI=1S/C14H22BrNO/c1-5-6-7-17-13-11(15)8-10(9-12(13)16)14(2,3)4/h8-9H,5-7,16H2,1-4H3. The molecule has 0 atom stereocenters. The summed E-state index contributed by atoms with van der Waals surface area (Å²) in [6.07, 6.45) is 2.17. The molecule has 0 saturated heterocycles. The Labute approximate surface area is 113 Å². The molecule has 2 N–H and O–H groups in total. The molecule has 0 aliphatic rings. The SMILES string of the molecule is CCCCOc1c(N)cc(C(C)(C)C)cc1Br. The van der Waals surface area contributed by atoms with Crippen molar-refractivity contribution in [3.05, 3.63) is 22.2 Å². The fraction of sp³-hybridized carbons (Fsp3) is 0.571. The molecule has 0 spiro atoms. The second-order valence-electron chi connectivity index (χ2n) is 5.33. The zero-order chi connectivity index (χ0) is 13.1. The van der Waals surface area contributed by atoms with E-state index in [1.54, 1.807) is 0 Å². The summed E-state index contributed by atoms with van der Waals surface area (Å²) in [5, 5.41) is 0. The molecule has 3 heteroatoms. The van der Waals surface area contributed by atoms with Crippen LogP contribution in [0.25, 0.3) is 0 Å². The van der Waals surface area contributed by atoms with Crippen molar-refractivity contribution in [3.8, 4) is 5.75 Å². The lowest BCUT2D eigenvalue weighted by atomic mass is 9.87. The Morgan fingerprint density at radius 1 is 1.29 bits per heavy atom. The quantitative estimate of drug-likeness (QED) is 0.656. The maximum absolute atomic E-state index is 6.05. The number of benzene rings is 1. The van der Waals surface area contributed by atoms with Crippen molar-refractivity contribution in [2.75, 3.05) is 12.3 Å². The minimum absolute atomic E-state index is 0.0958. The number of nitrogen functional groups attached to an aromatic ring is 1. The van der Waals surface area contributed by atoms with Crippen LogP contribution in [0.2, 0.25) is 0 Å². The van der Waals surface area contributed by atoms with Crippen LogP contribution in [0.4, 0.5) is 5.69 Å². The van der Waals surface area contributed by atoms with Crippen LogP contribution in [0.5, 0.6) is 5.75 Å². The Hall–Kier alpha value is -0.700. The highest BCUT2D eigenvalue weighted by molar-refractivity contribution is 9.10. The van der Waals surface area contributed by atoms with E-state index in [-0.39, 0.29) is 5.41 Å². The van der Waals surface area contributed by atoms with Crippen molar-refractivity contribution < 1.29 is 4.74 Å². The second-order valence-corrected chi connectivity index (χ2v) is 6.18. The van der Waals surface area contributed by atoms with Gasteiger partial charge in [0.25, 0.3) is 0 Å². The number of halogens is 1. The molecule has 0 fully saturated rings. The molecule has 17 heavy (non-hydrogen) atoms. The summed E-state index contributed by atoms with van der Waals surface area (Å²) in [4.78, 5) is 0. The summed E-state index contributed by atoms with van der Waals surface area (Å²) >= 11 is 3.54. The number of hydrogen-bond acceptors (Lipinski definition) is 2. The van der Waals surface area contributed by atoms with E-state index in [9.17, 15) is 0 Å². The van der Waals surface area contributed by atoms with Crippen LogP contribution in [0, 0.1) is 0 Å². The molecule has 0 radical (unpaired) electrons. The van der Waals surface area contributed by atoms with Gasteiger partial charge in [-0.3, -0.25) is 0 Å². The Morgan fingerprint density at radius 3 is 2.41 bits per heavy atom. The van der Waals surface area contributed by atoms with Crippen molar-refractivity contribution >= 4 is 21.6 Å². The molecular formula is C14H22BrNO. The maximum Gasteiger partial charge on any atom is 0.156 e. The first-order valence-corrected chi connectivity index (χ1v) is 6.88. The molecule has 0 amide bonds. The highest BCUT2D eigenvalue weighted by Gasteiger charge is 2.17. The molecule has 0 heterocycles. The van der Waals surface area contributed by atoms with Crippen LogP contribution in [-0.4, -0.2) is 6.61 Å². The third-order valence-corrected chi connectivity index (χ3v) is 3.27. The van der Waals surface area contributed by atoms with E-state index in [1.165, 1.54) is 5.56 Å². The van der Waals surface area contributed by atoms with Gasteiger partial charge in [0.1, 0.15) is 0 Å². The van der Waals surface area contributed by atoms with Crippen molar-refractivity contribution in [1.29, 1.82) is 0 Å². The molecule has 2 nitrogen and oxygen atoms in total. The van der Waals surface area contributed by atoms with Crippen molar-refractivity contribution in [2.45, 2.75) is 46.0 Å². The smallest absolute Gasteiger partial charge is 0.156 e. The first kappa shape index (κ1) is 14.4. The summed E-state index contributed by atoms with van der Waals surface area (Å²) < 4.78 is 6.65. The van der Waals surface area contributed by atoms with Gasteiger partial charge in [0.05, 0.1) is 16.8 Å². The average Bonchev–Trinajstić information content (AvgIpc) is 2.20. The Kier molecular flexibility index (Phi) is 4.87. The van der Waals surface area contributed by atoms with Gasteiger partial charge < -0.3 is 10.5 Å². The van der Waals surface area contributed by atoms with E-state index >= 15 is 0 Å². The van der Waals surface area contributed by atoms with E-state index < -0.39 is 0 Å². The highest BCUT2D eigenvalue weighted by Crippen LogP contribution is 2.36. The normalized spacial score (nSPS) is 11.6. The molecule has 96 valence electrons. The molecule has 0 saturated carbocycles. The maximum atomic E-state index is 6.05. The number of unbranched alkanes of at least 4 members (excludes halogenated alkanes) is 1. The predicted octanol–water partition coefficient (Wildman–Crippen LogP) is 4.51. The first-order valence-electron chi connectivity index (χ1n) is 6.08. The number of anilines is 1. The van der Waals surface area contributed by atoms with Crippen molar-refractivity contribution in [2.24, 2.45) is 0 Å². The van der Waals surface area contributed by atoms with E-state index in [0.29, 0.717) is 12.3 Å². The third kappa shape index (κ3) is 3.91. The van der Waals surface area contributed by atoms with Gasteiger partial charge in [0, 0.05) is 0 Å². The van der Waals surface area contributed by atoms with Crippen LogP contribution in [0.3, 0.4) is 0 Å². The Morgan fingerprint density at radius 2 is 1.94 bits per heavy atom. The topological polar surface area (TPSA) is 35.2 Å². The van der Waals surface area contributed by atoms with Crippen LogP contribution in [0.1, 0.15) is 46.1 Å². The van der Waals surface area contributed by atoms with Crippen LogP contribution in [0.15, 0.2) is 16.6 Å². The molecule has 1 aromatic rings. The van der Waals surface area contributed by atoms with Gasteiger partial charge in [-0.1, -0.05) is 34.1 Å². The Bertz CT molecular complexity index is 359. The summed E-state index contributed by atoms with van der Waals surface area (Å²) in [5.41, 5.74) is 8.06. The van der Waals surface area contributed by atoms with Gasteiger partial charge in [-0.25, -0.2) is 0 Å². The van der Waals surface area contributed by atoms with Crippen molar-refractivity contribution in [3.63, 3.8) is 0 Å². The molecule has 0 unspecified atom stereocenters. The molecule has 0 bridgehead atoms. The zero-order valence-electron chi connectivity index (χ0n) is 11.1. The fourth-order valence-electron chi connectivity index (χ4n) is 1.52. The molecular weight excluding hydrogens is 278 g/mol. The number of rotatable bonds is 4. The minimum Gasteiger partial charge on any atom is -0.490 e. The number of hydrogen-bond donors (Lipinski definition) is 1. The van der Waals surface area contributed by atoms with Gasteiger partial charge >= 0.3 is 0 Å². The third-order valence-electron chi connectivity index (χ3n) is 2.68. The van der Waals surface area contributed by atoms with Gasteiger partial charge in [0.15, 0.2) is 5.75 Å². The summed E-state index contributed by atoms with van der Waals surface area (Å²) in [7, 11) is 0. The number of nitrogens with two attached hydrogens (primary N) is 1. The largest absolute Gasteiger partial charge is 0.490 e. The van der Waals surface area contributed by atoms with Gasteiger partial charge in [-0.15, -0.1) is 0 Å². The first-order chi connectivity index (χ1) is 7.86. The van der Waals surface area contributed by atoms with Crippen molar-refractivity contribution in [1.82, 2.24) is 0 Å². The van der Waals surface area contributed by atoms with Crippen LogP contribution in [-0.2, 0) is 5.41 Å². The van der Waals surface area contributed by atoms with Crippen LogP contribution >= 0.6 is 15.9 Å². The lowest BCUT2D eigenvalue weighted by Crippen LogP contribution is -2.12. The molecule has 0 aliphatic carbocycles. The van der Waals surface area contributed by atoms with E-state index in [1.807, 2.05) is 6.07 Å². The molecule has 1 aromatic carbocycles. The lowest BCUT2D eigenvalue weighted by molar-refractivity contribution is 0.309. The molecule has 1 rings (SSSR count). The van der Waals surface area contributed by atoms with Gasteiger partial charge in [0.2, 0.25) is 0 Å². The zero-order valence-corrected chi connectivity index (χ0v) is 12.7. The van der Waals surface area contributed by atoms with Gasteiger partial charge in [-0.05, 0) is 45.5 Å². The van der Waals surface area contributed by atoms with E-state index in [2.05, 4.69) is 49.7 Å². The molecule has 0 aliphatic heterocycles. The van der Waals surface area contributed by atoms with Crippen LogP contribution < -0.4 is 10.5 Å².